The van der Waals surface area contributed by atoms with Crippen LogP contribution in [-0.4, -0.2) is 15.7 Å². The second kappa shape index (κ2) is 9.14. The predicted octanol–water partition coefficient (Wildman–Crippen LogP) is 5.58. The van der Waals surface area contributed by atoms with E-state index in [2.05, 4.69) is 10.4 Å². The SMILES string of the molecule is Cc1ccc(OCc2csc(C(=O)Nc3cc(C)n(Cc4ccccc4F)n3)c2)cc1. The molecule has 2 heterocycles. The number of hydrogen-bond donors (Lipinski definition) is 1. The van der Waals surface area contributed by atoms with E-state index in [1.165, 1.54) is 23.0 Å². The number of nitrogens with one attached hydrogen (secondary N) is 1. The standard InChI is InChI=1S/C24H22FN3O2S/c1-16-7-9-20(10-8-16)30-14-18-12-22(31-15-18)24(29)26-23-11-17(2)28(27-23)13-19-5-3-4-6-21(19)25/h3-12,15H,13-14H2,1-2H3,(H,26,27,29). The number of aryl methyl sites for hydroxylation is 2. The molecule has 0 saturated carbocycles. The Bertz CT molecular complexity index is 1200. The zero-order valence-corrected chi connectivity index (χ0v) is 18.1. The fraction of sp³-hybridized carbons (Fsp3) is 0.167. The average molecular weight is 436 g/mol. The van der Waals surface area contributed by atoms with Crippen LogP contribution in [0.5, 0.6) is 5.75 Å². The second-order valence-corrected chi connectivity index (χ2v) is 8.21. The molecular weight excluding hydrogens is 413 g/mol. The maximum absolute atomic E-state index is 13.9. The Hall–Kier alpha value is -3.45. The molecule has 4 rings (SSSR count). The van der Waals surface area contributed by atoms with Crippen molar-refractivity contribution in [2.24, 2.45) is 0 Å². The fourth-order valence-corrected chi connectivity index (χ4v) is 3.86. The zero-order chi connectivity index (χ0) is 21.8. The van der Waals surface area contributed by atoms with Gasteiger partial charge in [-0.1, -0.05) is 35.9 Å². The first-order valence-corrected chi connectivity index (χ1v) is 10.7. The van der Waals surface area contributed by atoms with Crippen molar-refractivity contribution in [2.45, 2.75) is 27.0 Å². The first-order chi connectivity index (χ1) is 15.0. The molecule has 2 aromatic carbocycles. The van der Waals surface area contributed by atoms with E-state index >= 15 is 0 Å². The van der Waals surface area contributed by atoms with Crippen LogP contribution in [0.4, 0.5) is 10.2 Å². The number of thiophene rings is 1. The van der Waals surface area contributed by atoms with Gasteiger partial charge in [0.15, 0.2) is 5.82 Å². The van der Waals surface area contributed by atoms with E-state index in [9.17, 15) is 9.18 Å². The molecule has 0 unspecified atom stereocenters. The van der Waals surface area contributed by atoms with Crippen molar-refractivity contribution in [2.75, 3.05) is 5.32 Å². The molecule has 4 aromatic rings. The molecule has 0 atom stereocenters. The van der Waals surface area contributed by atoms with Crippen molar-refractivity contribution in [3.05, 3.63) is 99.1 Å². The van der Waals surface area contributed by atoms with Gasteiger partial charge in [0.05, 0.1) is 11.4 Å². The van der Waals surface area contributed by atoms with Gasteiger partial charge in [-0.3, -0.25) is 9.48 Å². The van der Waals surface area contributed by atoms with E-state index in [-0.39, 0.29) is 11.7 Å². The molecule has 158 valence electrons. The Kier molecular flexibility index (Phi) is 6.13. The van der Waals surface area contributed by atoms with Gasteiger partial charge >= 0.3 is 0 Å². The number of anilines is 1. The van der Waals surface area contributed by atoms with E-state index in [0.29, 0.717) is 29.4 Å². The summed E-state index contributed by atoms with van der Waals surface area (Å²) in [5.41, 5.74) is 3.48. The van der Waals surface area contributed by atoms with E-state index in [1.54, 1.807) is 28.9 Å². The molecule has 0 bridgehead atoms. The quantitative estimate of drug-likeness (QED) is 0.412. The first-order valence-electron chi connectivity index (χ1n) is 9.84. The zero-order valence-electron chi connectivity index (χ0n) is 17.3. The minimum atomic E-state index is -0.276. The lowest BCUT2D eigenvalue weighted by atomic mass is 10.2. The number of aromatic nitrogens is 2. The van der Waals surface area contributed by atoms with E-state index in [0.717, 1.165) is 17.0 Å². The third-order valence-corrected chi connectivity index (χ3v) is 5.78. The van der Waals surface area contributed by atoms with Gasteiger partial charge < -0.3 is 10.1 Å². The molecule has 0 saturated heterocycles. The molecule has 0 aliphatic carbocycles. The molecule has 31 heavy (non-hydrogen) atoms. The van der Waals surface area contributed by atoms with Gasteiger partial charge in [-0.05, 0) is 43.5 Å². The number of benzene rings is 2. The van der Waals surface area contributed by atoms with Crippen LogP contribution in [-0.2, 0) is 13.2 Å². The minimum absolute atomic E-state index is 0.234. The molecule has 2 aromatic heterocycles. The normalized spacial score (nSPS) is 10.8. The van der Waals surface area contributed by atoms with Crippen molar-refractivity contribution in [3.8, 4) is 5.75 Å². The molecule has 1 N–H and O–H groups in total. The number of carbonyl (C=O) groups is 1. The number of amides is 1. The predicted molar refractivity (Wildman–Crippen MR) is 120 cm³/mol. The van der Waals surface area contributed by atoms with Crippen molar-refractivity contribution >= 4 is 23.1 Å². The molecule has 0 aliphatic rings. The Balaban J connectivity index is 1.37. The topological polar surface area (TPSA) is 56.1 Å². The smallest absolute Gasteiger partial charge is 0.266 e. The Morgan fingerprint density at radius 2 is 1.90 bits per heavy atom. The van der Waals surface area contributed by atoms with E-state index in [4.69, 9.17) is 4.74 Å². The maximum Gasteiger partial charge on any atom is 0.266 e. The average Bonchev–Trinajstić information content (AvgIpc) is 3.36. The van der Waals surface area contributed by atoms with Gasteiger partial charge in [-0.25, -0.2) is 4.39 Å². The van der Waals surface area contributed by atoms with Gasteiger partial charge in [0.1, 0.15) is 18.2 Å². The molecule has 0 aliphatic heterocycles. The summed E-state index contributed by atoms with van der Waals surface area (Å²) in [4.78, 5) is 13.2. The fourth-order valence-electron chi connectivity index (χ4n) is 3.07. The molecule has 0 spiro atoms. The monoisotopic (exact) mass is 435 g/mol. The number of ether oxygens (including phenoxy) is 1. The molecular formula is C24H22FN3O2S. The third-order valence-electron chi connectivity index (χ3n) is 4.80. The summed E-state index contributed by atoms with van der Waals surface area (Å²) in [6, 6.07) is 18.0. The highest BCUT2D eigenvalue weighted by atomic mass is 32.1. The lowest BCUT2D eigenvalue weighted by Gasteiger charge is -2.05. The van der Waals surface area contributed by atoms with Crippen LogP contribution < -0.4 is 10.1 Å². The van der Waals surface area contributed by atoms with Crippen molar-refractivity contribution in [1.29, 1.82) is 0 Å². The van der Waals surface area contributed by atoms with Crippen LogP contribution in [0.1, 0.15) is 32.1 Å². The Morgan fingerprint density at radius 3 is 2.68 bits per heavy atom. The summed E-state index contributed by atoms with van der Waals surface area (Å²) < 4.78 is 21.4. The minimum Gasteiger partial charge on any atom is -0.489 e. The molecule has 0 radical (unpaired) electrons. The second-order valence-electron chi connectivity index (χ2n) is 7.30. The highest BCUT2D eigenvalue weighted by Crippen LogP contribution is 2.20. The van der Waals surface area contributed by atoms with Crippen molar-refractivity contribution in [1.82, 2.24) is 9.78 Å². The van der Waals surface area contributed by atoms with Crippen molar-refractivity contribution < 1.29 is 13.9 Å². The van der Waals surface area contributed by atoms with Crippen LogP contribution in [0.2, 0.25) is 0 Å². The van der Waals surface area contributed by atoms with E-state index in [1.807, 2.05) is 49.6 Å². The first kappa shape index (κ1) is 20.8. The highest BCUT2D eigenvalue weighted by molar-refractivity contribution is 7.12. The summed E-state index contributed by atoms with van der Waals surface area (Å²) in [6.07, 6.45) is 0. The number of halogens is 1. The third kappa shape index (κ3) is 5.19. The van der Waals surface area contributed by atoms with Gasteiger partial charge in [0.25, 0.3) is 5.91 Å². The van der Waals surface area contributed by atoms with Gasteiger partial charge in [0.2, 0.25) is 0 Å². The van der Waals surface area contributed by atoms with Crippen LogP contribution in [0, 0.1) is 19.7 Å². The van der Waals surface area contributed by atoms with Crippen LogP contribution in [0.3, 0.4) is 0 Å². The van der Waals surface area contributed by atoms with Crippen LogP contribution in [0.25, 0.3) is 0 Å². The number of hydrogen-bond acceptors (Lipinski definition) is 4. The van der Waals surface area contributed by atoms with Crippen LogP contribution in [0.15, 0.2) is 66.0 Å². The summed E-state index contributed by atoms with van der Waals surface area (Å²) >= 11 is 1.35. The van der Waals surface area contributed by atoms with Gasteiger partial charge in [-0.2, -0.15) is 5.10 Å². The Morgan fingerprint density at radius 1 is 1.13 bits per heavy atom. The van der Waals surface area contributed by atoms with Gasteiger partial charge in [0, 0.05) is 22.9 Å². The lowest BCUT2D eigenvalue weighted by Crippen LogP contribution is -2.12. The summed E-state index contributed by atoms with van der Waals surface area (Å²) in [6.45, 7) is 4.59. The molecule has 1 amide bonds. The molecule has 7 heteroatoms. The summed E-state index contributed by atoms with van der Waals surface area (Å²) in [5, 5.41) is 9.13. The van der Waals surface area contributed by atoms with E-state index < -0.39 is 0 Å². The maximum atomic E-state index is 13.9. The highest BCUT2D eigenvalue weighted by Gasteiger charge is 2.13. The number of carbonyl (C=O) groups excluding carboxylic acids is 1. The number of rotatable bonds is 7. The largest absolute Gasteiger partial charge is 0.489 e. The summed E-state index contributed by atoms with van der Waals surface area (Å²) in [5.74, 6) is 0.715. The number of nitrogens with zero attached hydrogens (tertiary/aromatic N) is 2. The van der Waals surface area contributed by atoms with Crippen molar-refractivity contribution in [3.63, 3.8) is 0 Å². The van der Waals surface area contributed by atoms with Gasteiger partial charge in [-0.15, -0.1) is 11.3 Å². The molecule has 5 nitrogen and oxygen atoms in total. The Labute approximate surface area is 184 Å². The summed E-state index contributed by atoms with van der Waals surface area (Å²) in [7, 11) is 0. The molecule has 0 fully saturated rings. The van der Waals surface area contributed by atoms with Crippen LogP contribution >= 0.6 is 11.3 Å². The lowest BCUT2D eigenvalue weighted by molar-refractivity contribution is 0.103.